The third kappa shape index (κ3) is 2.55. The fourth-order valence-electron chi connectivity index (χ4n) is 1.15. The van der Waals surface area contributed by atoms with Gasteiger partial charge in [-0.2, -0.15) is 5.10 Å². The molecule has 0 aliphatic carbocycles. The van der Waals surface area contributed by atoms with Crippen LogP contribution in [0.15, 0.2) is 6.20 Å². The van der Waals surface area contributed by atoms with Crippen LogP contribution in [-0.4, -0.2) is 33.2 Å². The molecule has 3 N–H and O–H groups in total. The lowest BCUT2D eigenvalue weighted by atomic mass is 10.2. The number of aromatic amines is 1. The van der Waals surface area contributed by atoms with Crippen LogP contribution in [0.25, 0.3) is 0 Å². The topological polar surface area (TPSA) is 95.1 Å². The van der Waals surface area contributed by atoms with Gasteiger partial charge in [-0.05, 0) is 13.3 Å². The molecule has 0 fully saturated rings. The third-order valence-corrected chi connectivity index (χ3v) is 2.09. The van der Waals surface area contributed by atoms with Gasteiger partial charge in [0.1, 0.15) is 6.04 Å². The zero-order valence-electron chi connectivity index (χ0n) is 8.57. The van der Waals surface area contributed by atoms with Crippen LogP contribution in [0.4, 0.5) is 0 Å². The van der Waals surface area contributed by atoms with E-state index in [1.165, 1.54) is 6.20 Å². The zero-order valence-corrected chi connectivity index (χ0v) is 8.57. The number of aliphatic carboxylic acids is 1. The number of hydrogen-bond acceptors (Lipinski definition) is 3. The van der Waals surface area contributed by atoms with Gasteiger partial charge in [-0.15, -0.1) is 0 Å². The van der Waals surface area contributed by atoms with Crippen LogP contribution in [0.2, 0.25) is 0 Å². The highest BCUT2D eigenvalue weighted by Crippen LogP contribution is 2.03. The molecular formula is C9H13N3O3. The summed E-state index contributed by atoms with van der Waals surface area (Å²) in [6.07, 6.45) is 1.72. The number of carboxylic acid groups (broad SMARTS) is 1. The minimum Gasteiger partial charge on any atom is -0.480 e. The summed E-state index contributed by atoms with van der Waals surface area (Å²) in [7, 11) is 0. The fraction of sp³-hybridized carbons (Fsp3) is 0.444. The van der Waals surface area contributed by atoms with Crippen LogP contribution in [0, 0.1) is 6.92 Å². The van der Waals surface area contributed by atoms with Gasteiger partial charge in [0.15, 0.2) is 0 Å². The van der Waals surface area contributed by atoms with E-state index >= 15 is 0 Å². The summed E-state index contributed by atoms with van der Waals surface area (Å²) < 4.78 is 0. The molecule has 1 heterocycles. The van der Waals surface area contributed by atoms with Gasteiger partial charge >= 0.3 is 5.97 Å². The summed E-state index contributed by atoms with van der Waals surface area (Å²) in [5, 5.41) is 17.5. The summed E-state index contributed by atoms with van der Waals surface area (Å²) in [6, 6.07) is -0.855. The maximum atomic E-state index is 11.6. The molecule has 1 aromatic heterocycles. The number of carbonyl (C=O) groups excluding carboxylic acids is 1. The van der Waals surface area contributed by atoms with E-state index in [1.807, 2.05) is 0 Å². The molecule has 0 aromatic carbocycles. The number of nitrogens with zero attached hydrogens (tertiary/aromatic N) is 1. The van der Waals surface area contributed by atoms with Gasteiger partial charge in [0.05, 0.1) is 11.8 Å². The molecule has 1 rings (SSSR count). The normalized spacial score (nSPS) is 12.1. The maximum Gasteiger partial charge on any atom is 0.326 e. The van der Waals surface area contributed by atoms with E-state index in [1.54, 1.807) is 13.8 Å². The molecule has 6 nitrogen and oxygen atoms in total. The monoisotopic (exact) mass is 211 g/mol. The van der Waals surface area contributed by atoms with E-state index < -0.39 is 17.9 Å². The first-order chi connectivity index (χ1) is 7.06. The van der Waals surface area contributed by atoms with Crippen molar-refractivity contribution in [3.8, 4) is 0 Å². The predicted molar refractivity (Wildman–Crippen MR) is 52.5 cm³/mol. The zero-order chi connectivity index (χ0) is 11.4. The molecule has 0 spiro atoms. The standard InChI is InChI=1S/C9H13N3O3/c1-3-7(9(14)15)11-8(13)6-4-10-12-5(6)2/h4,7H,3H2,1-2H3,(H,10,12)(H,11,13)(H,14,15)/t7-/m0/s1. The van der Waals surface area contributed by atoms with Crippen molar-refractivity contribution >= 4 is 11.9 Å². The van der Waals surface area contributed by atoms with E-state index in [9.17, 15) is 9.59 Å². The van der Waals surface area contributed by atoms with Crippen LogP contribution in [0.3, 0.4) is 0 Å². The Labute approximate surface area is 86.7 Å². The second kappa shape index (κ2) is 4.59. The van der Waals surface area contributed by atoms with E-state index in [-0.39, 0.29) is 0 Å². The number of aryl methyl sites for hydroxylation is 1. The van der Waals surface area contributed by atoms with Crippen molar-refractivity contribution in [3.63, 3.8) is 0 Å². The molecule has 0 radical (unpaired) electrons. The Morgan fingerprint density at radius 1 is 1.67 bits per heavy atom. The molecule has 0 unspecified atom stereocenters. The van der Waals surface area contributed by atoms with E-state index in [4.69, 9.17) is 5.11 Å². The predicted octanol–water partition coefficient (Wildman–Crippen LogP) is 0.311. The van der Waals surface area contributed by atoms with E-state index in [2.05, 4.69) is 15.5 Å². The summed E-state index contributed by atoms with van der Waals surface area (Å²) in [5.41, 5.74) is 0.988. The summed E-state index contributed by atoms with van der Waals surface area (Å²) in [5.74, 6) is -1.46. The molecule has 82 valence electrons. The van der Waals surface area contributed by atoms with Crippen molar-refractivity contribution in [1.29, 1.82) is 0 Å². The van der Waals surface area contributed by atoms with Gasteiger partial charge in [0.25, 0.3) is 5.91 Å². The maximum absolute atomic E-state index is 11.6. The number of H-pyrrole nitrogens is 1. The fourth-order valence-corrected chi connectivity index (χ4v) is 1.15. The van der Waals surface area contributed by atoms with Crippen LogP contribution in [0.1, 0.15) is 29.4 Å². The lowest BCUT2D eigenvalue weighted by molar-refractivity contribution is -0.139. The molecule has 15 heavy (non-hydrogen) atoms. The molecular weight excluding hydrogens is 198 g/mol. The van der Waals surface area contributed by atoms with Crippen molar-refractivity contribution in [2.75, 3.05) is 0 Å². The van der Waals surface area contributed by atoms with Crippen LogP contribution in [-0.2, 0) is 4.79 Å². The first kappa shape index (κ1) is 11.2. The second-order valence-corrected chi connectivity index (χ2v) is 3.18. The molecule has 0 aliphatic heterocycles. The highest BCUT2D eigenvalue weighted by atomic mass is 16.4. The van der Waals surface area contributed by atoms with Crippen LogP contribution >= 0.6 is 0 Å². The number of aromatic nitrogens is 2. The van der Waals surface area contributed by atoms with Gasteiger partial charge in [-0.1, -0.05) is 6.92 Å². The Morgan fingerprint density at radius 3 is 2.73 bits per heavy atom. The van der Waals surface area contributed by atoms with E-state index in [0.29, 0.717) is 17.7 Å². The Hall–Kier alpha value is -1.85. The lowest BCUT2D eigenvalue weighted by Gasteiger charge is -2.11. The summed E-state index contributed by atoms with van der Waals surface area (Å²) >= 11 is 0. The van der Waals surface area contributed by atoms with Crippen molar-refractivity contribution in [2.24, 2.45) is 0 Å². The first-order valence-electron chi connectivity index (χ1n) is 4.60. The van der Waals surface area contributed by atoms with Gasteiger partial charge in [-0.25, -0.2) is 4.79 Å². The molecule has 1 atom stereocenters. The Morgan fingerprint density at radius 2 is 2.33 bits per heavy atom. The van der Waals surface area contributed by atoms with Crippen LogP contribution < -0.4 is 5.32 Å². The number of rotatable bonds is 4. The largest absolute Gasteiger partial charge is 0.480 e. The van der Waals surface area contributed by atoms with Crippen LogP contribution in [0.5, 0.6) is 0 Å². The minimum absolute atomic E-state index is 0.345. The van der Waals surface area contributed by atoms with E-state index in [0.717, 1.165) is 0 Å². The molecule has 0 aliphatic rings. The third-order valence-electron chi connectivity index (χ3n) is 2.09. The highest BCUT2D eigenvalue weighted by Gasteiger charge is 2.19. The van der Waals surface area contributed by atoms with Crippen molar-refractivity contribution in [3.05, 3.63) is 17.5 Å². The molecule has 6 heteroatoms. The number of nitrogens with one attached hydrogen (secondary N) is 2. The number of hydrogen-bond donors (Lipinski definition) is 3. The Bertz CT molecular complexity index is 372. The summed E-state index contributed by atoms with van der Waals surface area (Å²) in [6.45, 7) is 3.39. The first-order valence-corrected chi connectivity index (χ1v) is 4.60. The van der Waals surface area contributed by atoms with Gasteiger partial charge in [0.2, 0.25) is 0 Å². The number of carbonyl (C=O) groups is 2. The van der Waals surface area contributed by atoms with Gasteiger partial charge in [0, 0.05) is 5.69 Å². The Balaban J connectivity index is 2.71. The molecule has 0 bridgehead atoms. The SMILES string of the molecule is CC[C@H](NC(=O)c1cn[nH]c1C)C(=O)O. The van der Waals surface area contributed by atoms with Crippen molar-refractivity contribution in [2.45, 2.75) is 26.3 Å². The van der Waals surface area contributed by atoms with Crippen molar-refractivity contribution in [1.82, 2.24) is 15.5 Å². The smallest absolute Gasteiger partial charge is 0.326 e. The number of amides is 1. The molecule has 1 aromatic rings. The highest BCUT2D eigenvalue weighted by molar-refractivity contribution is 5.97. The molecule has 1 amide bonds. The molecule has 0 saturated carbocycles. The minimum atomic E-state index is -1.04. The quantitative estimate of drug-likeness (QED) is 0.668. The second-order valence-electron chi connectivity index (χ2n) is 3.18. The molecule has 0 saturated heterocycles. The summed E-state index contributed by atoms with van der Waals surface area (Å²) in [4.78, 5) is 22.2. The van der Waals surface area contributed by atoms with Gasteiger partial charge in [-0.3, -0.25) is 9.89 Å². The lowest BCUT2D eigenvalue weighted by Crippen LogP contribution is -2.40. The number of carboxylic acids is 1. The average molecular weight is 211 g/mol. The Kier molecular flexibility index (Phi) is 3.43. The van der Waals surface area contributed by atoms with Gasteiger partial charge < -0.3 is 10.4 Å². The average Bonchev–Trinajstić information content (AvgIpc) is 2.60. The van der Waals surface area contributed by atoms with Crippen molar-refractivity contribution < 1.29 is 14.7 Å².